The van der Waals surface area contributed by atoms with Crippen molar-refractivity contribution in [2.45, 2.75) is 19.4 Å². The molecule has 0 radical (unpaired) electrons. The molecule has 4 aliphatic rings. The molecular formula is C27H22ClN3O2. The van der Waals surface area contributed by atoms with Crippen molar-refractivity contribution in [3.63, 3.8) is 0 Å². The molecular weight excluding hydrogens is 434 g/mol. The predicted molar refractivity (Wildman–Crippen MR) is 127 cm³/mol. The zero-order chi connectivity index (χ0) is 22.3. The van der Waals surface area contributed by atoms with Crippen LogP contribution in [0.1, 0.15) is 24.0 Å². The van der Waals surface area contributed by atoms with Crippen LogP contribution in [-0.2, 0) is 16.1 Å². The number of fused-ring (bicyclic) bond motifs is 4. The fourth-order valence-corrected chi connectivity index (χ4v) is 6.81. The lowest BCUT2D eigenvalue weighted by Crippen LogP contribution is -2.30. The van der Waals surface area contributed by atoms with Crippen LogP contribution in [-0.4, -0.2) is 27.6 Å². The van der Waals surface area contributed by atoms with E-state index in [0.717, 1.165) is 44.9 Å². The number of hydrazone groups is 1. The summed E-state index contributed by atoms with van der Waals surface area (Å²) in [6.07, 6.45) is 10.3. The molecule has 1 aliphatic heterocycles. The molecule has 0 unspecified atom stereocenters. The van der Waals surface area contributed by atoms with Crippen LogP contribution in [0.3, 0.4) is 0 Å². The van der Waals surface area contributed by atoms with Crippen LogP contribution in [0.2, 0.25) is 5.02 Å². The average molecular weight is 456 g/mol. The Hall–Kier alpha value is -3.18. The molecule has 1 saturated heterocycles. The number of rotatable bonds is 4. The summed E-state index contributed by atoms with van der Waals surface area (Å²) in [4.78, 5) is 26.4. The maximum atomic E-state index is 13.2. The number of para-hydroxylation sites is 1. The summed E-state index contributed by atoms with van der Waals surface area (Å²) in [6, 6.07) is 15.9. The highest BCUT2D eigenvalue weighted by Gasteiger charge is 2.73. The van der Waals surface area contributed by atoms with Gasteiger partial charge in [-0.25, -0.2) is 0 Å². The van der Waals surface area contributed by atoms with Gasteiger partial charge in [0.1, 0.15) is 0 Å². The van der Waals surface area contributed by atoms with E-state index in [9.17, 15) is 9.59 Å². The normalized spacial score (nSPS) is 28.7. The third-order valence-electron chi connectivity index (χ3n) is 8.26. The van der Waals surface area contributed by atoms with Crippen LogP contribution in [0.4, 0.5) is 0 Å². The molecule has 1 spiro atoms. The molecule has 2 amide bonds. The second-order valence-corrected chi connectivity index (χ2v) is 10.2. The highest BCUT2D eigenvalue weighted by Crippen LogP contribution is 2.73. The molecule has 2 bridgehead atoms. The summed E-state index contributed by atoms with van der Waals surface area (Å²) >= 11 is 6.38. The van der Waals surface area contributed by atoms with Gasteiger partial charge in [0.2, 0.25) is 0 Å². The molecule has 2 saturated carbocycles. The van der Waals surface area contributed by atoms with Crippen molar-refractivity contribution in [2.75, 3.05) is 0 Å². The molecule has 1 aromatic heterocycles. The van der Waals surface area contributed by atoms with Gasteiger partial charge in [-0.3, -0.25) is 9.59 Å². The van der Waals surface area contributed by atoms with Gasteiger partial charge < -0.3 is 4.57 Å². The second kappa shape index (κ2) is 6.67. The number of hydrogen-bond acceptors (Lipinski definition) is 3. The van der Waals surface area contributed by atoms with E-state index >= 15 is 0 Å². The molecule has 7 rings (SSSR count). The van der Waals surface area contributed by atoms with Gasteiger partial charge in [-0.2, -0.15) is 10.1 Å². The van der Waals surface area contributed by atoms with E-state index < -0.39 is 0 Å². The zero-order valence-electron chi connectivity index (χ0n) is 17.9. The number of aromatic nitrogens is 1. The van der Waals surface area contributed by atoms with Crippen molar-refractivity contribution in [2.24, 2.45) is 34.2 Å². The largest absolute Gasteiger partial charge is 0.342 e. The van der Waals surface area contributed by atoms with Crippen molar-refractivity contribution >= 4 is 40.5 Å². The molecule has 4 atom stereocenters. The van der Waals surface area contributed by atoms with Crippen LogP contribution in [0, 0.1) is 29.1 Å². The molecule has 3 aromatic rings. The van der Waals surface area contributed by atoms with Gasteiger partial charge >= 0.3 is 0 Å². The number of halogens is 1. The van der Waals surface area contributed by atoms with E-state index in [1.165, 1.54) is 0 Å². The number of nitrogens with zero attached hydrogens (tertiary/aromatic N) is 3. The number of hydrogen-bond donors (Lipinski definition) is 0. The minimum absolute atomic E-state index is 0.135. The highest BCUT2D eigenvalue weighted by atomic mass is 35.5. The maximum absolute atomic E-state index is 13.2. The summed E-state index contributed by atoms with van der Waals surface area (Å²) < 4.78 is 2.13. The first kappa shape index (κ1) is 19.3. The fourth-order valence-electron chi connectivity index (χ4n) is 6.62. The van der Waals surface area contributed by atoms with Crippen molar-refractivity contribution in [1.29, 1.82) is 0 Å². The first-order valence-corrected chi connectivity index (χ1v) is 11.9. The minimum atomic E-state index is -0.228. The first-order valence-electron chi connectivity index (χ1n) is 11.5. The second-order valence-electron chi connectivity index (χ2n) is 9.77. The number of carbonyl (C=O) groups excluding carboxylic acids is 2. The molecule has 2 aromatic carbocycles. The summed E-state index contributed by atoms with van der Waals surface area (Å²) in [7, 11) is 0. The SMILES string of the molecule is O=C1[C@@H]2[C@H](C(=O)N1/N=C\c1cn(Cc3ccccc3Cl)c3ccccc13)[C@H]1C=C[C@@H]2C12CC2. The third-order valence-corrected chi connectivity index (χ3v) is 8.63. The number of imide groups is 1. The third kappa shape index (κ3) is 2.57. The van der Waals surface area contributed by atoms with Crippen LogP contribution in [0.15, 0.2) is 72.0 Å². The van der Waals surface area contributed by atoms with Gasteiger partial charge in [0, 0.05) is 34.2 Å². The van der Waals surface area contributed by atoms with E-state index in [4.69, 9.17) is 11.6 Å². The standard InChI is InChI=1S/C27H22ClN3O2/c28-21-7-3-1-5-16(21)14-30-15-17(18-6-2-4-8-22(18)30)13-29-31-25(32)23-19-9-10-20(24(23)26(31)33)27(19)11-12-27/h1-10,13,15,19-20,23-24H,11-12,14H2/b29-13-/t19-,20+,23-,24+. The van der Waals surface area contributed by atoms with Gasteiger partial charge in [0.15, 0.2) is 0 Å². The Morgan fingerprint density at radius 3 is 2.33 bits per heavy atom. The summed E-state index contributed by atoms with van der Waals surface area (Å²) in [5.74, 6) is -0.306. The van der Waals surface area contributed by atoms with E-state index in [1.807, 2.05) is 48.7 Å². The van der Waals surface area contributed by atoms with Crippen LogP contribution < -0.4 is 0 Å². The Labute approximate surface area is 196 Å². The van der Waals surface area contributed by atoms with Gasteiger partial charge in [0.05, 0.1) is 18.1 Å². The maximum Gasteiger partial charge on any atom is 0.254 e. The Morgan fingerprint density at radius 2 is 1.64 bits per heavy atom. The van der Waals surface area contributed by atoms with Crippen molar-refractivity contribution in [1.82, 2.24) is 9.58 Å². The monoisotopic (exact) mass is 455 g/mol. The number of carbonyl (C=O) groups is 2. The molecule has 5 nitrogen and oxygen atoms in total. The van der Waals surface area contributed by atoms with Crippen LogP contribution in [0.25, 0.3) is 10.9 Å². The lowest BCUT2D eigenvalue weighted by atomic mass is 9.85. The lowest BCUT2D eigenvalue weighted by molar-refractivity contribution is -0.141. The molecule has 6 heteroatoms. The quantitative estimate of drug-likeness (QED) is 0.320. The molecule has 0 N–H and O–H groups in total. The summed E-state index contributed by atoms with van der Waals surface area (Å²) in [5, 5.41) is 7.31. The lowest BCUT2D eigenvalue weighted by Gasteiger charge is -2.18. The highest BCUT2D eigenvalue weighted by molar-refractivity contribution is 6.31. The number of allylic oxidation sites excluding steroid dienone is 2. The van der Waals surface area contributed by atoms with Gasteiger partial charge in [-0.05, 0) is 47.8 Å². The minimum Gasteiger partial charge on any atom is -0.342 e. The molecule has 2 heterocycles. The number of amides is 2. The topological polar surface area (TPSA) is 54.7 Å². The van der Waals surface area contributed by atoms with Crippen molar-refractivity contribution in [3.05, 3.63) is 83.0 Å². The number of benzene rings is 2. The first-order chi connectivity index (χ1) is 16.1. The van der Waals surface area contributed by atoms with Crippen LogP contribution >= 0.6 is 11.6 Å². The van der Waals surface area contributed by atoms with E-state index in [2.05, 4.69) is 27.9 Å². The zero-order valence-corrected chi connectivity index (χ0v) is 18.7. The molecule has 3 fully saturated rings. The average Bonchev–Trinajstić information content (AvgIpc) is 3.27. The molecule has 33 heavy (non-hydrogen) atoms. The summed E-state index contributed by atoms with van der Waals surface area (Å²) in [5.41, 5.74) is 3.14. The van der Waals surface area contributed by atoms with Crippen molar-refractivity contribution in [3.8, 4) is 0 Å². The summed E-state index contributed by atoms with van der Waals surface area (Å²) in [6.45, 7) is 0.622. The smallest absolute Gasteiger partial charge is 0.254 e. The van der Waals surface area contributed by atoms with Gasteiger partial charge in [0.25, 0.3) is 11.8 Å². The Balaban J connectivity index is 1.21. The van der Waals surface area contributed by atoms with Crippen molar-refractivity contribution < 1.29 is 9.59 Å². The predicted octanol–water partition coefficient (Wildman–Crippen LogP) is 4.87. The van der Waals surface area contributed by atoms with E-state index in [0.29, 0.717) is 6.54 Å². The Bertz CT molecular complexity index is 1370. The van der Waals surface area contributed by atoms with Gasteiger partial charge in [-0.1, -0.05) is 60.2 Å². The van der Waals surface area contributed by atoms with Gasteiger partial charge in [-0.15, -0.1) is 0 Å². The molecule has 164 valence electrons. The van der Waals surface area contributed by atoms with E-state index in [-0.39, 0.29) is 40.9 Å². The Kier molecular flexibility index (Phi) is 3.90. The fraction of sp³-hybridized carbons (Fsp3) is 0.296. The Morgan fingerprint density at radius 1 is 0.970 bits per heavy atom. The molecule has 3 aliphatic carbocycles. The van der Waals surface area contributed by atoms with E-state index in [1.54, 1.807) is 6.21 Å². The van der Waals surface area contributed by atoms with Crippen LogP contribution in [0.5, 0.6) is 0 Å².